The highest BCUT2D eigenvalue weighted by Gasteiger charge is 2.07. The van der Waals surface area contributed by atoms with Crippen molar-refractivity contribution in [3.8, 4) is 0 Å². The fraction of sp³-hybridized carbons (Fsp3) is 0.214. The fourth-order valence-corrected chi connectivity index (χ4v) is 2.25. The third-order valence-electron chi connectivity index (χ3n) is 2.63. The molecular formula is C14H15BrN2. The fourth-order valence-electron chi connectivity index (χ4n) is 1.67. The van der Waals surface area contributed by atoms with Gasteiger partial charge in [-0.05, 0) is 47.0 Å². The number of pyridine rings is 1. The molecule has 1 unspecified atom stereocenters. The summed E-state index contributed by atoms with van der Waals surface area (Å²) < 4.78 is 1.00. The van der Waals surface area contributed by atoms with Gasteiger partial charge in [-0.2, -0.15) is 0 Å². The standard InChI is InChI=1S/C14H15BrN2/c1-10-8-13(15)14(16-9-10)17-11(2)12-6-4-3-5-7-12/h3-9,11H,1-2H3,(H,16,17). The van der Waals surface area contributed by atoms with Gasteiger partial charge in [-0.25, -0.2) is 4.98 Å². The normalized spacial score (nSPS) is 12.2. The van der Waals surface area contributed by atoms with E-state index in [-0.39, 0.29) is 6.04 Å². The van der Waals surface area contributed by atoms with E-state index in [0.717, 1.165) is 15.9 Å². The van der Waals surface area contributed by atoms with Crippen molar-refractivity contribution in [3.05, 3.63) is 58.2 Å². The number of halogens is 1. The van der Waals surface area contributed by atoms with Crippen molar-refractivity contribution in [2.75, 3.05) is 5.32 Å². The first-order chi connectivity index (χ1) is 8.16. The van der Waals surface area contributed by atoms with Crippen LogP contribution in [-0.4, -0.2) is 4.98 Å². The summed E-state index contributed by atoms with van der Waals surface area (Å²) in [7, 11) is 0. The van der Waals surface area contributed by atoms with Gasteiger partial charge in [-0.15, -0.1) is 0 Å². The van der Waals surface area contributed by atoms with Crippen LogP contribution in [-0.2, 0) is 0 Å². The van der Waals surface area contributed by atoms with Crippen LogP contribution in [0.15, 0.2) is 47.1 Å². The molecule has 0 bridgehead atoms. The summed E-state index contributed by atoms with van der Waals surface area (Å²) in [5.41, 5.74) is 2.40. The van der Waals surface area contributed by atoms with Gasteiger partial charge in [0, 0.05) is 12.2 Å². The Morgan fingerprint density at radius 2 is 1.94 bits per heavy atom. The van der Waals surface area contributed by atoms with Crippen LogP contribution in [0, 0.1) is 6.92 Å². The van der Waals surface area contributed by atoms with E-state index in [1.807, 2.05) is 31.3 Å². The summed E-state index contributed by atoms with van der Waals surface area (Å²) in [5.74, 6) is 0.881. The summed E-state index contributed by atoms with van der Waals surface area (Å²) in [6.45, 7) is 4.16. The van der Waals surface area contributed by atoms with Crippen LogP contribution in [0.4, 0.5) is 5.82 Å². The van der Waals surface area contributed by atoms with Gasteiger partial charge in [0.25, 0.3) is 0 Å². The molecule has 1 aromatic heterocycles. The molecule has 17 heavy (non-hydrogen) atoms. The molecule has 0 amide bonds. The topological polar surface area (TPSA) is 24.9 Å². The van der Waals surface area contributed by atoms with E-state index in [9.17, 15) is 0 Å². The number of rotatable bonds is 3. The van der Waals surface area contributed by atoms with E-state index in [1.54, 1.807) is 0 Å². The van der Waals surface area contributed by atoms with Gasteiger partial charge in [-0.1, -0.05) is 30.3 Å². The second-order valence-corrected chi connectivity index (χ2v) is 4.97. The highest BCUT2D eigenvalue weighted by Crippen LogP contribution is 2.24. The summed E-state index contributed by atoms with van der Waals surface area (Å²) in [6.07, 6.45) is 1.87. The molecule has 0 spiro atoms. The first-order valence-electron chi connectivity index (χ1n) is 5.60. The van der Waals surface area contributed by atoms with Crippen LogP contribution >= 0.6 is 15.9 Å². The number of anilines is 1. The summed E-state index contributed by atoms with van der Waals surface area (Å²) >= 11 is 3.52. The van der Waals surface area contributed by atoms with Crippen molar-refractivity contribution in [1.82, 2.24) is 4.98 Å². The largest absolute Gasteiger partial charge is 0.363 e. The van der Waals surface area contributed by atoms with Crippen LogP contribution in [0.25, 0.3) is 0 Å². The first kappa shape index (κ1) is 12.1. The maximum Gasteiger partial charge on any atom is 0.140 e. The number of hydrogen-bond acceptors (Lipinski definition) is 2. The lowest BCUT2D eigenvalue weighted by Crippen LogP contribution is -2.08. The minimum Gasteiger partial charge on any atom is -0.363 e. The maximum absolute atomic E-state index is 4.39. The molecule has 1 atom stereocenters. The molecule has 0 radical (unpaired) electrons. The lowest BCUT2D eigenvalue weighted by atomic mass is 10.1. The zero-order valence-electron chi connectivity index (χ0n) is 9.94. The predicted molar refractivity (Wildman–Crippen MR) is 75.2 cm³/mol. The maximum atomic E-state index is 4.39. The van der Waals surface area contributed by atoms with Crippen LogP contribution in [0.2, 0.25) is 0 Å². The molecule has 0 saturated carbocycles. The molecule has 2 aromatic rings. The Balaban J connectivity index is 2.16. The van der Waals surface area contributed by atoms with Crippen molar-refractivity contribution < 1.29 is 0 Å². The van der Waals surface area contributed by atoms with Gasteiger partial charge in [-0.3, -0.25) is 0 Å². The van der Waals surface area contributed by atoms with Crippen LogP contribution < -0.4 is 5.32 Å². The molecule has 0 saturated heterocycles. The smallest absolute Gasteiger partial charge is 0.140 e. The van der Waals surface area contributed by atoms with Crippen LogP contribution in [0.5, 0.6) is 0 Å². The molecule has 2 nitrogen and oxygen atoms in total. The lowest BCUT2D eigenvalue weighted by Gasteiger charge is -2.16. The van der Waals surface area contributed by atoms with Crippen molar-refractivity contribution in [3.63, 3.8) is 0 Å². The highest BCUT2D eigenvalue weighted by molar-refractivity contribution is 9.10. The summed E-state index contributed by atoms with van der Waals surface area (Å²) in [6, 6.07) is 12.6. The zero-order valence-corrected chi connectivity index (χ0v) is 11.5. The molecule has 0 aliphatic heterocycles. The highest BCUT2D eigenvalue weighted by atomic mass is 79.9. The average molecular weight is 291 g/mol. The Kier molecular flexibility index (Phi) is 3.79. The number of nitrogens with one attached hydrogen (secondary N) is 1. The van der Waals surface area contributed by atoms with Gasteiger partial charge >= 0.3 is 0 Å². The second-order valence-electron chi connectivity index (χ2n) is 4.12. The minimum atomic E-state index is 0.239. The minimum absolute atomic E-state index is 0.239. The molecule has 1 N–H and O–H groups in total. The molecule has 2 rings (SSSR count). The molecule has 88 valence electrons. The Morgan fingerprint density at radius 3 is 2.59 bits per heavy atom. The SMILES string of the molecule is Cc1cnc(NC(C)c2ccccc2)c(Br)c1. The van der Waals surface area contributed by atoms with E-state index < -0.39 is 0 Å². The molecule has 1 heterocycles. The molecule has 0 aliphatic rings. The molecule has 3 heteroatoms. The van der Waals surface area contributed by atoms with E-state index in [4.69, 9.17) is 0 Å². The number of aromatic nitrogens is 1. The van der Waals surface area contributed by atoms with Crippen LogP contribution in [0.3, 0.4) is 0 Å². The third kappa shape index (κ3) is 3.07. The lowest BCUT2D eigenvalue weighted by molar-refractivity contribution is 0.872. The quantitative estimate of drug-likeness (QED) is 0.910. The molecule has 0 aliphatic carbocycles. The number of hydrogen-bond donors (Lipinski definition) is 1. The van der Waals surface area contributed by atoms with Crippen molar-refractivity contribution in [2.24, 2.45) is 0 Å². The van der Waals surface area contributed by atoms with Crippen molar-refractivity contribution in [1.29, 1.82) is 0 Å². The second kappa shape index (κ2) is 5.32. The van der Waals surface area contributed by atoms with Gasteiger partial charge < -0.3 is 5.32 Å². The first-order valence-corrected chi connectivity index (χ1v) is 6.40. The van der Waals surface area contributed by atoms with E-state index in [1.165, 1.54) is 5.56 Å². The molecular weight excluding hydrogens is 276 g/mol. The zero-order chi connectivity index (χ0) is 12.3. The predicted octanol–water partition coefficient (Wildman–Crippen LogP) is 4.33. The molecule has 0 fully saturated rings. The van der Waals surface area contributed by atoms with Gasteiger partial charge in [0.2, 0.25) is 0 Å². The van der Waals surface area contributed by atoms with E-state index >= 15 is 0 Å². The Hall–Kier alpha value is -1.35. The molecule has 1 aromatic carbocycles. The van der Waals surface area contributed by atoms with E-state index in [2.05, 4.69) is 51.4 Å². The van der Waals surface area contributed by atoms with Crippen LogP contribution in [0.1, 0.15) is 24.1 Å². The monoisotopic (exact) mass is 290 g/mol. The summed E-state index contributed by atoms with van der Waals surface area (Å²) in [4.78, 5) is 4.39. The third-order valence-corrected chi connectivity index (χ3v) is 3.24. The van der Waals surface area contributed by atoms with E-state index in [0.29, 0.717) is 0 Å². The Bertz CT molecular complexity index is 497. The number of benzene rings is 1. The van der Waals surface area contributed by atoms with Crippen molar-refractivity contribution in [2.45, 2.75) is 19.9 Å². The summed E-state index contributed by atoms with van der Waals surface area (Å²) in [5, 5.41) is 3.40. The van der Waals surface area contributed by atoms with Gasteiger partial charge in [0.05, 0.1) is 4.47 Å². The average Bonchev–Trinajstić information content (AvgIpc) is 2.34. The number of nitrogens with zero attached hydrogens (tertiary/aromatic N) is 1. The Labute approximate surface area is 110 Å². The Morgan fingerprint density at radius 1 is 1.24 bits per heavy atom. The van der Waals surface area contributed by atoms with Gasteiger partial charge in [0.1, 0.15) is 5.82 Å². The van der Waals surface area contributed by atoms with Gasteiger partial charge in [0.15, 0.2) is 0 Å². The van der Waals surface area contributed by atoms with Crippen molar-refractivity contribution >= 4 is 21.7 Å². The number of aryl methyl sites for hydroxylation is 1.